The van der Waals surface area contributed by atoms with Crippen LogP contribution in [0.1, 0.15) is 25.3 Å². The molecule has 7 heteroatoms. The fraction of sp³-hybridized carbons (Fsp3) is 0.421. The summed E-state index contributed by atoms with van der Waals surface area (Å²) in [6.45, 7) is 3.23. The number of hydrogen-bond donors (Lipinski definition) is 1. The maximum absolute atomic E-state index is 13.1. The van der Waals surface area contributed by atoms with Gasteiger partial charge in [0, 0.05) is 25.8 Å². The Kier molecular flexibility index (Phi) is 7.15. The molecule has 6 nitrogen and oxygen atoms in total. The van der Waals surface area contributed by atoms with Gasteiger partial charge < -0.3 is 15.0 Å². The second-order valence-electron chi connectivity index (χ2n) is 6.00. The molecule has 0 spiro atoms. The van der Waals surface area contributed by atoms with Gasteiger partial charge in [-0.2, -0.15) is 5.26 Å². The molecule has 1 aromatic rings. The van der Waals surface area contributed by atoms with Crippen LogP contribution in [-0.2, 0) is 20.9 Å². The van der Waals surface area contributed by atoms with Gasteiger partial charge in [0.1, 0.15) is 17.5 Å². The summed E-state index contributed by atoms with van der Waals surface area (Å²) in [7, 11) is 0. The summed E-state index contributed by atoms with van der Waals surface area (Å²) in [4.78, 5) is 25.7. The topological polar surface area (TPSA) is 82.4 Å². The van der Waals surface area contributed by atoms with E-state index >= 15 is 0 Å². The zero-order chi connectivity index (χ0) is 18.9. The Morgan fingerprint density at radius 3 is 2.77 bits per heavy atom. The Balaban J connectivity index is 1.88. The first kappa shape index (κ1) is 19.4. The third kappa shape index (κ3) is 5.31. The average Bonchev–Trinajstić information content (AvgIpc) is 2.65. The SMILES string of the molecule is CCOC(=O)C1CCN(C(=O)/C(C#N)=C\NCc2cccc(F)c2)CC1. The number of hydrogen-bond acceptors (Lipinski definition) is 5. The minimum absolute atomic E-state index is 0.0176. The molecule has 26 heavy (non-hydrogen) atoms. The molecule has 0 saturated carbocycles. The molecule has 138 valence electrons. The van der Waals surface area contributed by atoms with Crippen molar-refractivity contribution in [3.63, 3.8) is 0 Å². The number of rotatable bonds is 6. The van der Waals surface area contributed by atoms with Crippen LogP contribution in [0.3, 0.4) is 0 Å². The number of carbonyl (C=O) groups is 2. The number of nitriles is 1. The highest BCUT2D eigenvalue weighted by Gasteiger charge is 2.29. The second-order valence-corrected chi connectivity index (χ2v) is 6.00. The van der Waals surface area contributed by atoms with Crippen molar-refractivity contribution in [3.8, 4) is 6.07 Å². The van der Waals surface area contributed by atoms with Crippen molar-refractivity contribution in [2.75, 3.05) is 19.7 Å². The molecule has 1 saturated heterocycles. The predicted molar refractivity (Wildman–Crippen MR) is 92.9 cm³/mol. The smallest absolute Gasteiger partial charge is 0.309 e. The monoisotopic (exact) mass is 359 g/mol. The third-order valence-corrected chi connectivity index (χ3v) is 4.19. The molecule has 1 amide bonds. The van der Waals surface area contributed by atoms with Crippen LogP contribution < -0.4 is 5.32 Å². The van der Waals surface area contributed by atoms with E-state index in [9.17, 15) is 19.2 Å². The molecule has 1 fully saturated rings. The van der Waals surface area contributed by atoms with Crippen LogP contribution >= 0.6 is 0 Å². The number of amides is 1. The summed E-state index contributed by atoms with van der Waals surface area (Å²) >= 11 is 0. The van der Waals surface area contributed by atoms with Crippen molar-refractivity contribution in [2.45, 2.75) is 26.3 Å². The van der Waals surface area contributed by atoms with Crippen molar-refractivity contribution >= 4 is 11.9 Å². The van der Waals surface area contributed by atoms with Crippen LogP contribution in [0, 0.1) is 23.1 Å². The number of benzene rings is 1. The summed E-state index contributed by atoms with van der Waals surface area (Å²) in [5.41, 5.74) is 0.692. The van der Waals surface area contributed by atoms with Crippen molar-refractivity contribution in [1.82, 2.24) is 10.2 Å². The van der Waals surface area contributed by atoms with Crippen LogP contribution in [0.25, 0.3) is 0 Å². The number of piperidine rings is 1. The third-order valence-electron chi connectivity index (χ3n) is 4.19. The van der Waals surface area contributed by atoms with Gasteiger partial charge >= 0.3 is 5.97 Å². The molecule has 1 aliphatic rings. The molecule has 1 heterocycles. The molecule has 0 aromatic heterocycles. The molecule has 0 unspecified atom stereocenters. The molecule has 0 bridgehead atoms. The first-order valence-corrected chi connectivity index (χ1v) is 8.59. The minimum Gasteiger partial charge on any atom is -0.466 e. The van der Waals surface area contributed by atoms with Crippen LogP contribution in [0.5, 0.6) is 0 Å². The average molecular weight is 359 g/mol. The molecular weight excluding hydrogens is 337 g/mol. The van der Waals surface area contributed by atoms with E-state index in [1.807, 2.05) is 6.07 Å². The van der Waals surface area contributed by atoms with Gasteiger partial charge in [-0.1, -0.05) is 12.1 Å². The molecule has 1 aliphatic heterocycles. The van der Waals surface area contributed by atoms with Crippen LogP contribution in [0.15, 0.2) is 36.0 Å². The Bertz CT molecular complexity index is 719. The maximum atomic E-state index is 13.1. The van der Waals surface area contributed by atoms with Crippen molar-refractivity contribution in [1.29, 1.82) is 5.26 Å². The number of esters is 1. The van der Waals surface area contributed by atoms with E-state index in [0.717, 1.165) is 0 Å². The molecule has 0 atom stereocenters. The predicted octanol–water partition coefficient (Wildman–Crippen LogP) is 2.12. The molecule has 0 aliphatic carbocycles. The lowest BCUT2D eigenvalue weighted by Gasteiger charge is -2.30. The van der Waals surface area contributed by atoms with Gasteiger partial charge in [0.15, 0.2) is 0 Å². The summed E-state index contributed by atoms with van der Waals surface area (Å²) in [5, 5.41) is 12.1. The summed E-state index contributed by atoms with van der Waals surface area (Å²) in [6.07, 6.45) is 2.41. The lowest BCUT2D eigenvalue weighted by molar-refractivity contribution is -0.150. The molecule has 0 radical (unpaired) electrons. The highest BCUT2D eigenvalue weighted by molar-refractivity contribution is 5.97. The Morgan fingerprint density at radius 2 is 2.15 bits per heavy atom. The Hall–Kier alpha value is -2.88. The van der Waals surface area contributed by atoms with Crippen LogP contribution in [-0.4, -0.2) is 36.5 Å². The quantitative estimate of drug-likeness (QED) is 0.478. The second kappa shape index (κ2) is 9.56. The lowest BCUT2D eigenvalue weighted by atomic mass is 9.96. The van der Waals surface area contributed by atoms with Gasteiger partial charge in [-0.25, -0.2) is 4.39 Å². The first-order valence-electron chi connectivity index (χ1n) is 8.59. The number of halogens is 1. The fourth-order valence-electron chi connectivity index (χ4n) is 2.81. The highest BCUT2D eigenvalue weighted by Crippen LogP contribution is 2.20. The summed E-state index contributed by atoms with van der Waals surface area (Å²) in [5.74, 6) is -1.14. The van der Waals surface area contributed by atoms with Crippen LogP contribution in [0.4, 0.5) is 4.39 Å². The van der Waals surface area contributed by atoms with E-state index in [-0.39, 0.29) is 29.2 Å². The first-order chi connectivity index (χ1) is 12.5. The Labute approximate surface area is 152 Å². The number of carbonyl (C=O) groups excluding carboxylic acids is 2. The number of likely N-dealkylation sites (tertiary alicyclic amines) is 1. The molecular formula is C19H22FN3O3. The highest BCUT2D eigenvalue weighted by atomic mass is 19.1. The van der Waals surface area contributed by atoms with E-state index in [0.29, 0.717) is 44.6 Å². The van der Waals surface area contributed by atoms with Gasteiger partial charge in [0.25, 0.3) is 5.91 Å². The lowest BCUT2D eigenvalue weighted by Crippen LogP contribution is -2.41. The van der Waals surface area contributed by atoms with E-state index in [1.54, 1.807) is 24.0 Å². The van der Waals surface area contributed by atoms with Crippen molar-refractivity contribution in [2.24, 2.45) is 5.92 Å². The van der Waals surface area contributed by atoms with E-state index in [1.165, 1.54) is 18.3 Å². The van der Waals surface area contributed by atoms with Gasteiger partial charge in [-0.05, 0) is 37.5 Å². The van der Waals surface area contributed by atoms with Gasteiger partial charge in [-0.15, -0.1) is 0 Å². The standard InChI is InChI=1S/C19H22FN3O3/c1-2-26-19(25)15-6-8-23(9-7-15)18(24)16(11-21)13-22-12-14-4-3-5-17(20)10-14/h3-5,10,13,15,22H,2,6-9,12H2,1H3/b16-13-. The summed E-state index contributed by atoms with van der Waals surface area (Å²) < 4.78 is 18.1. The Morgan fingerprint density at radius 1 is 1.42 bits per heavy atom. The number of nitrogens with zero attached hydrogens (tertiary/aromatic N) is 2. The van der Waals surface area contributed by atoms with Crippen molar-refractivity contribution in [3.05, 3.63) is 47.4 Å². The zero-order valence-electron chi connectivity index (χ0n) is 14.7. The van der Waals surface area contributed by atoms with Crippen LogP contribution in [0.2, 0.25) is 0 Å². The van der Waals surface area contributed by atoms with E-state index in [2.05, 4.69) is 5.32 Å². The molecule has 1 N–H and O–H groups in total. The van der Waals surface area contributed by atoms with Crippen molar-refractivity contribution < 1.29 is 18.7 Å². The largest absolute Gasteiger partial charge is 0.466 e. The van der Waals surface area contributed by atoms with E-state index < -0.39 is 0 Å². The number of nitrogens with one attached hydrogen (secondary N) is 1. The normalized spacial score (nSPS) is 15.3. The van der Waals surface area contributed by atoms with Gasteiger partial charge in [-0.3, -0.25) is 9.59 Å². The molecule has 1 aromatic carbocycles. The maximum Gasteiger partial charge on any atom is 0.309 e. The van der Waals surface area contributed by atoms with E-state index in [4.69, 9.17) is 4.74 Å². The number of ether oxygens (including phenoxy) is 1. The van der Waals surface area contributed by atoms with Gasteiger partial charge in [0.2, 0.25) is 0 Å². The van der Waals surface area contributed by atoms with Gasteiger partial charge in [0.05, 0.1) is 12.5 Å². The minimum atomic E-state index is -0.374. The summed E-state index contributed by atoms with van der Waals surface area (Å²) in [6, 6.07) is 7.97. The zero-order valence-corrected chi connectivity index (χ0v) is 14.7. The fourth-order valence-corrected chi connectivity index (χ4v) is 2.81. The molecule has 2 rings (SSSR count).